The summed E-state index contributed by atoms with van der Waals surface area (Å²) in [5, 5.41) is 5.44. The van der Waals surface area contributed by atoms with Crippen LogP contribution in [0.2, 0.25) is 0 Å². The molecule has 1 aliphatic heterocycles. The molecule has 0 aliphatic carbocycles. The topological polar surface area (TPSA) is 41.6 Å². The van der Waals surface area contributed by atoms with E-state index in [0.717, 1.165) is 32.4 Å². The van der Waals surface area contributed by atoms with Crippen LogP contribution < -0.4 is 5.32 Å². The van der Waals surface area contributed by atoms with Gasteiger partial charge in [0.2, 0.25) is 5.91 Å². The van der Waals surface area contributed by atoms with Gasteiger partial charge >= 0.3 is 0 Å². The molecule has 1 aliphatic rings. The minimum Gasteiger partial charge on any atom is -0.383 e. The van der Waals surface area contributed by atoms with Crippen LogP contribution in [-0.2, 0) is 16.1 Å². The van der Waals surface area contributed by atoms with Gasteiger partial charge in [-0.1, -0.05) is 19.4 Å². The summed E-state index contributed by atoms with van der Waals surface area (Å²) in [5.41, 5.74) is -0.209. The number of hydrogen-bond donors (Lipinski definition) is 1. The van der Waals surface area contributed by atoms with Crippen molar-refractivity contribution in [2.75, 3.05) is 33.4 Å². The number of thiophene rings is 1. The zero-order valence-electron chi connectivity index (χ0n) is 13.1. The molecule has 118 valence electrons. The van der Waals surface area contributed by atoms with E-state index in [4.69, 9.17) is 4.74 Å². The normalized spacial score (nSPS) is 21.6. The van der Waals surface area contributed by atoms with Crippen LogP contribution in [0.5, 0.6) is 0 Å². The smallest absolute Gasteiger partial charge is 0.230 e. The largest absolute Gasteiger partial charge is 0.383 e. The fraction of sp³-hybridized carbons (Fsp3) is 0.688. The van der Waals surface area contributed by atoms with E-state index >= 15 is 0 Å². The second-order valence-electron chi connectivity index (χ2n) is 5.76. The van der Waals surface area contributed by atoms with Gasteiger partial charge in [0.05, 0.1) is 18.6 Å². The molecule has 1 aromatic rings. The minimum absolute atomic E-state index is 0.209. The van der Waals surface area contributed by atoms with Crippen molar-refractivity contribution in [3.63, 3.8) is 0 Å². The van der Waals surface area contributed by atoms with Crippen molar-refractivity contribution in [3.05, 3.63) is 22.4 Å². The molecule has 1 fully saturated rings. The second-order valence-corrected chi connectivity index (χ2v) is 6.79. The Kier molecular flexibility index (Phi) is 6.21. The van der Waals surface area contributed by atoms with Crippen LogP contribution in [0.4, 0.5) is 0 Å². The zero-order chi connectivity index (χ0) is 15.1. The maximum absolute atomic E-state index is 13.1. The van der Waals surface area contributed by atoms with Gasteiger partial charge in [-0.15, -0.1) is 11.3 Å². The van der Waals surface area contributed by atoms with E-state index < -0.39 is 0 Å². The lowest BCUT2D eigenvalue weighted by atomic mass is 9.81. The van der Waals surface area contributed by atoms with Gasteiger partial charge in [-0.2, -0.15) is 0 Å². The summed E-state index contributed by atoms with van der Waals surface area (Å²) < 4.78 is 5.19. The summed E-state index contributed by atoms with van der Waals surface area (Å²) in [6.07, 6.45) is 2.96. The Morgan fingerprint density at radius 3 is 3.00 bits per heavy atom. The molecular formula is C16H26N2O2S. The number of ether oxygens (including phenoxy) is 1. The third kappa shape index (κ3) is 4.05. The summed E-state index contributed by atoms with van der Waals surface area (Å²) in [6, 6.07) is 4.13. The minimum atomic E-state index is -0.209. The monoisotopic (exact) mass is 310 g/mol. The third-order valence-electron chi connectivity index (χ3n) is 4.21. The van der Waals surface area contributed by atoms with Crippen LogP contribution in [0.25, 0.3) is 0 Å². The van der Waals surface area contributed by atoms with Crippen LogP contribution in [0.1, 0.15) is 31.1 Å². The Bertz CT molecular complexity index is 427. The van der Waals surface area contributed by atoms with Crippen molar-refractivity contribution < 1.29 is 9.53 Å². The molecule has 1 amide bonds. The van der Waals surface area contributed by atoms with Crippen LogP contribution in [-0.4, -0.2) is 44.2 Å². The van der Waals surface area contributed by atoms with Crippen molar-refractivity contribution in [1.29, 1.82) is 0 Å². The van der Waals surface area contributed by atoms with Crippen molar-refractivity contribution in [3.8, 4) is 0 Å². The van der Waals surface area contributed by atoms with Crippen molar-refractivity contribution in [2.45, 2.75) is 32.7 Å². The lowest BCUT2D eigenvalue weighted by Crippen LogP contribution is -2.46. The van der Waals surface area contributed by atoms with E-state index in [1.807, 2.05) is 11.0 Å². The number of methoxy groups -OCH3 is 1. The second kappa shape index (κ2) is 7.92. The standard InChI is InChI=1S/C16H26N2O2S/c1-3-6-16(7-8-17-13-16)15(19)18(9-10-20-2)12-14-5-4-11-21-14/h4-5,11,17H,3,6-10,12-13H2,1-2H3. The quantitative estimate of drug-likeness (QED) is 0.802. The van der Waals surface area contributed by atoms with Gasteiger partial charge in [0.25, 0.3) is 0 Å². The molecule has 0 saturated carbocycles. The number of carbonyl (C=O) groups is 1. The van der Waals surface area contributed by atoms with E-state index in [-0.39, 0.29) is 5.41 Å². The van der Waals surface area contributed by atoms with E-state index in [1.165, 1.54) is 4.88 Å². The van der Waals surface area contributed by atoms with Crippen LogP contribution in [0.15, 0.2) is 17.5 Å². The molecule has 2 heterocycles. The molecular weight excluding hydrogens is 284 g/mol. The fourth-order valence-electron chi connectivity index (χ4n) is 3.11. The number of hydrogen-bond acceptors (Lipinski definition) is 4. The highest BCUT2D eigenvalue weighted by molar-refractivity contribution is 7.09. The van der Waals surface area contributed by atoms with Crippen molar-refractivity contribution >= 4 is 17.2 Å². The van der Waals surface area contributed by atoms with Crippen molar-refractivity contribution in [1.82, 2.24) is 10.2 Å². The van der Waals surface area contributed by atoms with Crippen LogP contribution in [0, 0.1) is 5.41 Å². The molecule has 1 unspecified atom stereocenters. The average Bonchev–Trinajstić information content (AvgIpc) is 3.15. The molecule has 1 N–H and O–H groups in total. The lowest BCUT2D eigenvalue weighted by molar-refractivity contribution is -0.143. The Hall–Kier alpha value is -0.910. The van der Waals surface area contributed by atoms with Gasteiger partial charge in [0.1, 0.15) is 0 Å². The van der Waals surface area contributed by atoms with Gasteiger partial charge in [-0.05, 0) is 30.8 Å². The number of nitrogens with one attached hydrogen (secondary N) is 1. The molecule has 5 heteroatoms. The zero-order valence-corrected chi connectivity index (χ0v) is 13.9. The third-order valence-corrected chi connectivity index (χ3v) is 5.07. The molecule has 1 saturated heterocycles. The number of carbonyl (C=O) groups excluding carboxylic acids is 1. The van der Waals surface area contributed by atoms with Gasteiger partial charge in [0.15, 0.2) is 0 Å². The Balaban J connectivity index is 2.11. The molecule has 0 radical (unpaired) electrons. The fourth-order valence-corrected chi connectivity index (χ4v) is 3.82. The molecule has 0 spiro atoms. The maximum Gasteiger partial charge on any atom is 0.230 e. The van der Waals surface area contributed by atoms with Gasteiger partial charge in [0, 0.05) is 25.1 Å². The SMILES string of the molecule is CCCC1(C(=O)N(CCOC)Cc2cccs2)CCNC1. The predicted octanol–water partition coefficient (Wildman–Crippen LogP) is 2.50. The molecule has 21 heavy (non-hydrogen) atoms. The van der Waals surface area contributed by atoms with E-state index in [2.05, 4.69) is 23.7 Å². The lowest BCUT2D eigenvalue weighted by Gasteiger charge is -2.33. The highest BCUT2D eigenvalue weighted by Crippen LogP contribution is 2.34. The van der Waals surface area contributed by atoms with E-state index in [9.17, 15) is 4.79 Å². The summed E-state index contributed by atoms with van der Waals surface area (Å²) >= 11 is 1.71. The number of nitrogens with zero attached hydrogens (tertiary/aromatic N) is 1. The first-order valence-corrected chi connectivity index (χ1v) is 8.61. The Labute approximate surface area is 131 Å². The molecule has 4 nitrogen and oxygen atoms in total. The average molecular weight is 310 g/mol. The molecule has 2 rings (SSSR count). The highest BCUT2D eigenvalue weighted by atomic mass is 32.1. The van der Waals surface area contributed by atoms with Gasteiger partial charge in [-0.3, -0.25) is 4.79 Å². The molecule has 1 aromatic heterocycles. The first-order chi connectivity index (χ1) is 10.2. The summed E-state index contributed by atoms with van der Waals surface area (Å²) in [5.74, 6) is 0.291. The summed E-state index contributed by atoms with van der Waals surface area (Å²) in [6.45, 7) is 5.87. The van der Waals surface area contributed by atoms with Gasteiger partial charge < -0.3 is 15.0 Å². The molecule has 0 aromatic carbocycles. The van der Waals surface area contributed by atoms with Crippen LogP contribution >= 0.6 is 11.3 Å². The number of rotatable bonds is 8. The van der Waals surface area contributed by atoms with Gasteiger partial charge in [-0.25, -0.2) is 0 Å². The number of amides is 1. The molecule has 1 atom stereocenters. The van der Waals surface area contributed by atoms with E-state index in [1.54, 1.807) is 18.4 Å². The molecule has 0 bridgehead atoms. The Morgan fingerprint density at radius 1 is 1.57 bits per heavy atom. The maximum atomic E-state index is 13.1. The van der Waals surface area contributed by atoms with Crippen molar-refractivity contribution in [2.24, 2.45) is 5.41 Å². The highest BCUT2D eigenvalue weighted by Gasteiger charge is 2.42. The summed E-state index contributed by atoms with van der Waals surface area (Å²) in [7, 11) is 1.69. The van der Waals surface area contributed by atoms with Crippen LogP contribution in [0.3, 0.4) is 0 Å². The van der Waals surface area contributed by atoms with E-state index in [0.29, 0.717) is 25.6 Å². The first kappa shape index (κ1) is 16.5. The first-order valence-electron chi connectivity index (χ1n) is 7.73. The Morgan fingerprint density at radius 2 is 2.43 bits per heavy atom. The summed E-state index contributed by atoms with van der Waals surface area (Å²) in [4.78, 5) is 16.3. The predicted molar refractivity (Wildman–Crippen MR) is 86.4 cm³/mol.